The van der Waals surface area contributed by atoms with E-state index in [0.717, 1.165) is 12.1 Å². The Kier molecular flexibility index (Phi) is 3.96. The van der Waals surface area contributed by atoms with Crippen molar-refractivity contribution in [2.45, 2.75) is 12.6 Å². The van der Waals surface area contributed by atoms with E-state index in [1.807, 2.05) is 49.6 Å². The number of hydrogen-bond donors (Lipinski definition) is 2. The molecule has 0 unspecified atom stereocenters. The number of aliphatic hydroxyl groups is 1. The molecule has 17 heavy (non-hydrogen) atoms. The summed E-state index contributed by atoms with van der Waals surface area (Å²) < 4.78 is 2.08. The fourth-order valence-corrected chi connectivity index (χ4v) is 1.88. The Labute approximate surface area is 102 Å². The number of nitrogens with one attached hydrogen (secondary N) is 1. The van der Waals surface area contributed by atoms with Crippen LogP contribution in [-0.4, -0.2) is 16.3 Å². The van der Waals surface area contributed by atoms with Gasteiger partial charge < -0.3 is 15.0 Å². The Morgan fingerprint density at radius 3 is 2.53 bits per heavy atom. The lowest BCUT2D eigenvalue weighted by Gasteiger charge is -2.17. The summed E-state index contributed by atoms with van der Waals surface area (Å²) in [5.41, 5.74) is 2.32. The molecule has 0 amide bonds. The number of aromatic nitrogens is 1. The predicted molar refractivity (Wildman–Crippen MR) is 68.5 cm³/mol. The molecule has 0 spiro atoms. The van der Waals surface area contributed by atoms with E-state index in [9.17, 15) is 5.11 Å². The van der Waals surface area contributed by atoms with Gasteiger partial charge >= 0.3 is 0 Å². The van der Waals surface area contributed by atoms with Crippen molar-refractivity contribution in [3.63, 3.8) is 0 Å². The molecule has 3 heteroatoms. The van der Waals surface area contributed by atoms with Gasteiger partial charge in [0.2, 0.25) is 0 Å². The average Bonchev–Trinajstić information content (AvgIpc) is 2.77. The maximum atomic E-state index is 9.41. The summed E-state index contributed by atoms with van der Waals surface area (Å²) in [7, 11) is 2.02. The molecule has 2 aromatic rings. The first kappa shape index (κ1) is 11.9. The molecule has 1 aromatic carbocycles. The summed E-state index contributed by atoms with van der Waals surface area (Å²) in [4.78, 5) is 0. The summed E-state index contributed by atoms with van der Waals surface area (Å²) in [6.45, 7) is 0.859. The van der Waals surface area contributed by atoms with Gasteiger partial charge in [0.05, 0.1) is 12.6 Å². The van der Waals surface area contributed by atoms with Crippen molar-refractivity contribution in [3.8, 4) is 0 Å². The summed E-state index contributed by atoms with van der Waals surface area (Å²) >= 11 is 0. The van der Waals surface area contributed by atoms with Crippen LogP contribution in [0.2, 0.25) is 0 Å². The monoisotopic (exact) mass is 230 g/mol. The molecule has 3 nitrogen and oxygen atoms in total. The van der Waals surface area contributed by atoms with Gasteiger partial charge in [-0.05, 0) is 17.7 Å². The molecule has 2 rings (SSSR count). The Morgan fingerprint density at radius 1 is 1.18 bits per heavy atom. The van der Waals surface area contributed by atoms with Gasteiger partial charge in [0.1, 0.15) is 0 Å². The van der Waals surface area contributed by atoms with Crippen LogP contribution in [0.3, 0.4) is 0 Å². The first-order chi connectivity index (χ1) is 8.31. The molecule has 90 valence electrons. The van der Waals surface area contributed by atoms with Crippen LogP contribution < -0.4 is 5.32 Å². The van der Waals surface area contributed by atoms with E-state index in [0.29, 0.717) is 0 Å². The topological polar surface area (TPSA) is 37.2 Å². The minimum atomic E-state index is -0.00824. The van der Waals surface area contributed by atoms with Crippen LogP contribution in [0.15, 0.2) is 48.7 Å². The fourth-order valence-electron chi connectivity index (χ4n) is 1.88. The van der Waals surface area contributed by atoms with Gasteiger partial charge in [-0.2, -0.15) is 0 Å². The summed E-state index contributed by atoms with van der Waals surface area (Å²) in [6.07, 6.45) is 2.02. The standard InChI is InChI=1S/C14H18N2O/c1-16-9-5-8-13(16)10-15-14(11-17)12-6-3-2-4-7-12/h2-9,14-15,17H,10-11H2,1H3/t14-/m1/s1. The number of hydrogen-bond acceptors (Lipinski definition) is 2. The Bertz CT molecular complexity index is 450. The summed E-state index contributed by atoms with van der Waals surface area (Å²) in [6, 6.07) is 14.1. The van der Waals surface area contributed by atoms with Gasteiger partial charge in [-0.1, -0.05) is 30.3 Å². The third-order valence-corrected chi connectivity index (χ3v) is 2.97. The van der Waals surface area contributed by atoms with Crippen molar-refractivity contribution < 1.29 is 5.11 Å². The van der Waals surface area contributed by atoms with Crippen molar-refractivity contribution in [3.05, 3.63) is 59.9 Å². The van der Waals surface area contributed by atoms with Crippen molar-refractivity contribution in [2.75, 3.05) is 6.61 Å². The van der Waals surface area contributed by atoms with Crippen LogP contribution in [0.5, 0.6) is 0 Å². The normalized spacial score (nSPS) is 12.6. The fraction of sp³-hybridized carbons (Fsp3) is 0.286. The molecule has 0 saturated carbocycles. The van der Waals surface area contributed by atoms with Gasteiger partial charge in [-0.15, -0.1) is 0 Å². The van der Waals surface area contributed by atoms with Crippen molar-refractivity contribution >= 4 is 0 Å². The second-order valence-corrected chi connectivity index (χ2v) is 4.14. The zero-order chi connectivity index (χ0) is 12.1. The molecule has 2 N–H and O–H groups in total. The molecule has 0 aliphatic heterocycles. The van der Waals surface area contributed by atoms with E-state index in [2.05, 4.69) is 16.0 Å². The molecule has 0 aliphatic carbocycles. The highest BCUT2D eigenvalue weighted by molar-refractivity contribution is 5.19. The van der Waals surface area contributed by atoms with Gasteiger partial charge in [-0.3, -0.25) is 0 Å². The highest BCUT2D eigenvalue weighted by Crippen LogP contribution is 2.12. The van der Waals surface area contributed by atoms with E-state index < -0.39 is 0 Å². The third-order valence-electron chi connectivity index (χ3n) is 2.97. The molecule has 0 saturated heterocycles. The average molecular weight is 230 g/mol. The number of benzene rings is 1. The van der Waals surface area contributed by atoms with Crippen LogP contribution in [0.1, 0.15) is 17.3 Å². The maximum absolute atomic E-state index is 9.41. The predicted octanol–water partition coefficient (Wildman–Crippen LogP) is 1.85. The SMILES string of the molecule is Cn1cccc1CN[C@H](CO)c1ccccc1. The van der Waals surface area contributed by atoms with Gasteiger partial charge in [-0.25, -0.2) is 0 Å². The van der Waals surface area contributed by atoms with Crippen LogP contribution in [-0.2, 0) is 13.6 Å². The van der Waals surface area contributed by atoms with Crippen LogP contribution >= 0.6 is 0 Å². The zero-order valence-electron chi connectivity index (χ0n) is 10.0. The first-order valence-electron chi connectivity index (χ1n) is 5.80. The van der Waals surface area contributed by atoms with E-state index in [-0.39, 0.29) is 12.6 Å². The minimum Gasteiger partial charge on any atom is -0.394 e. The molecule has 1 heterocycles. The lowest BCUT2D eigenvalue weighted by molar-refractivity contribution is 0.243. The van der Waals surface area contributed by atoms with Gasteiger partial charge in [0.15, 0.2) is 0 Å². The summed E-state index contributed by atoms with van der Waals surface area (Å²) in [5.74, 6) is 0. The number of aryl methyl sites for hydroxylation is 1. The van der Waals surface area contributed by atoms with Crippen LogP contribution in [0.4, 0.5) is 0 Å². The van der Waals surface area contributed by atoms with E-state index in [4.69, 9.17) is 0 Å². The van der Waals surface area contributed by atoms with E-state index in [1.165, 1.54) is 5.69 Å². The lowest BCUT2D eigenvalue weighted by Crippen LogP contribution is -2.24. The molecular formula is C14H18N2O. The second kappa shape index (κ2) is 5.66. The van der Waals surface area contributed by atoms with Crippen molar-refractivity contribution in [2.24, 2.45) is 7.05 Å². The Morgan fingerprint density at radius 2 is 1.94 bits per heavy atom. The van der Waals surface area contributed by atoms with E-state index in [1.54, 1.807) is 0 Å². The molecule has 1 aromatic heterocycles. The van der Waals surface area contributed by atoms with Crippen molar-refractivity contribution in [1.29, 1.82) is 0 Å². The van der Waals surface area contributed by atoms with Gasteiger partial charge in [0.25, 0.3) is 0 Å². The zero-order valence-corrected chi connectivity index (χ0v) is 10.0. The Balaban J connectivity index is 1.99. The van der Waals surface area contributed by atoms with Crippen LogP contribution in [0.25, 0.3) is 0 Å². The number of rotatable bonds is 5. The molecule has 0 bridgehead atoms. The van der Waals surface area contributed by atoms with E-state index >= 15 is 0 Å². The minimum absolute atomic E-state index is 0.00824. The third kappa shape index (κ3) is 2.96. The number of nitrogens with zero attached hydrogens (tertiary/aromatic N) is 1. The Hall–Kier alpha value is -1.58. The van der Waals surface area contributed by atoms with Crippen molar-refractivity contribution in [1.82, 2.24) is 9.88 Å². The molecule has 0 fully saturated rings. The lowest BCUT2D eigenvalue weighted by atomic mass is 10.1. The summed E-state index contributed by atoms with van der Waals surface area (Å²) in [5, 5.41) is 12.8. The molecule has 0 aliphatic rings. The first-order valence-corrected chi connectivity index (χ1v) is 5.80. The highest BCUT2D eigenvalue weighted by atomic mass is 16.3. The largest absolute Gasteiger partial charge is 0.394 e. The second-order valence-electron chi connectivity index (χ2n) is 4.14. The highest BCUT2D eigenvalue weighted by Gasteiger charge is 2.09. The van der Waals surface area contributed by atoms with Crippen LogP contribution in [0, 0.1) is 0 Å². The smallest absolute Gasteiger partial charge is 0.0626 e. The quantitative estimate of drug-likeness (QED) is 0.822. The molecular weight excluding hydrogens is 212 g/mol. The molecule has 1 atom stereocenters. The van der Waals surface area contributed by atoms with Gasteiger partial charge in [0, 0.05) is 25.5 Å². The molecule has 0 radical (unpaired) electrons. The maximum Gasteiger partial charge on any atom is 0.0626 e. The number of aliphatic hydroxyl groups excluding tert-OH is 1.